The Labute approximate surface area is 142 Å². The van der Waals surface area contributed by atoms with Crippen molar-refractivity contribution in [3.05, 3.63) is 53.2 Å². The largest absolute Gasteiger partial charge is 0.464 e. The maximum absolute atomic E-state index is 12.6. The van der Waals surface area contributed by atoms with E-state index in [1.807, 2.05) is 0 Å². The summed E-state index contributed by atoms with van der Waals surface area (Å²) < 4.78 is 42.3. The van der Waals surface area contributed by atoms with Crippen molar-refractivity contribution in [3.8, 4) is 0 Å². The second-order valence-electron chi connectivity index (χ2n) is 5.92. The van der Waals surface area contributed by atoms with Gasteiger partial charge in [-0.25, -0.2) is 4.79 Å². The highest BCUT2D eigenvalue weighted by Gasteiger charge is 2.33. The minimum atomic E-state index is -4.31. The third-order valence-corrected chi connectivity index (χ3v) is 4.26. The maximum atomic E-state index is 12.6. The normalized spacial score (nSPS) is 19.8. The highest BCUT2D eigenvalue weighted by atomic mass is 19.4. The van der Waals surface area contributed by atoms with E-state index in [0.717, 1.165) is 30.5 Å². The highest BCUT2D eigenvalue weighted by Crippen LogP contribution is 2.39. The highest BCUT2D eigenvalue weighted by molar-refractivity contribution is 5.86. The zero-order valence-corrected chi connectivity index (χ0v) is 13.4. The van der Waals surface area contributed by atoms with Crippen molar-refractivity contribution >= 4 is 11.8 Å². The first-order chi connectivity index (χ1) is 11.9. The number of carbonyl (C=O) groups excluding carboxylic acids is 1. The lowest BCUT2D eigenvalue weighted by molar-refractivity contribution is -0.137. The molecule has 0 aliphatic heterocycles. The molecule has 0 unspecified atom stereocenters. The third kappa shape index (κ3) is 3.89. The number of carbonyl (C=O) groups is 1. The molecule has 0 spiro atoms. The number of ether oxygens (including phenoxy) is 1. The van der Waals surface area contributed by atoms with Crippen LogP contribution in [0.1, 0.15) is 40.4 Å². The number of aromatic nitrogens is 2. The van der Waals surface area contributed by atoms with Crippen molar-refractivity contribution in [1.29, 1.82) is 0 Å². The van der Waals surface area contributed by atoms with Gasteiger partial charge in [-0.15, -0.1) is 10.2 Å². The molecule has 3 rings (SSSR count). The van der Waals surface area contributed by atoms with E-state index < -0.39 is 17.7 Å². The van der Waals surface area contributed by atoms with Gasteiger partial charge in [0.05, 0.1) is 12.7 Å². The van der Waals surface area contributed by atoms with Crippen LogP contribution in [0.25, 0.3) is 0 Å². The Bertz CT molecular complexity index is 739. The van der Waals surface area contributed by atoms with Gasteiger partial charge in [0.2, 0.25) is 0 Å². The predicted molar refractivity (Wildman–Crippen MR) is 84.2 cm³/mol. The van der Waals surface area contributed by atoms with Crippen molar-refractivity contribution in [3.63, 3.8) is 0 Å². The Balaban J connectivity index is 1.53. The monoisotopic (exact) mass is 351 g/mol. The molecule has 1 fully saturated rings. The number of hydrogen-bond donors (Lipinski definition) is 1. The van der Waals surface area contributed by atoms with E-state index in [4.69, 9.17) is 0 Å². The zero-order chi connectivity index (χ0) is 18.0. The molecule has 1 saturated carbocycles. The molecular formula is C17H16F3N3O2. The number of esters is 1. The van der Waals surface area contributed by atoms with Crippen LogP contribution in [0, 0.1) is 0 Å². The third-order valence-electron chi connectivity index (χ3n) is 4.26. The van der Waals surface area contributed by atoms with Crippen molar-refractivity contribution in [1.82, 2.24) is 10.2 Å². The summed E-state index contributed by atoms with van der Waals surface area (Å²) in [6.07, 6.45) is -2.71. The van der Waals surface area contributed by atoms with Crippen LogP contribution in [0.4, 0.5) is 19.0 Å². The Morgan fingerprint density at radius 1 is 1.12 bits per heavy atom. The SMILES string of the molecule is COC(=O)c1ccc(NC2CC(c3ccc(C(F)(F)F)cc3)C2)nn1. The molecule has 0 atom stereocenters. The summed E-state index contributed by atoms with van der Waals surface area (Å²) in [6, 6.07) is 8.65. The lowest BCUT2D eigenvalue weighted by Gasteiger charge is -2.36. The van der Waals surface area contributed by atoms with E-state index in [0.29, 0.717) is 5.82 Å². The molecule has 8 heteroatoms. The number of nitrogens with one attached hydrogen (secondary N) is 1. The molecule has 1 aromatic carbocycles. The van der Waals surface area contributed by atoms with Crippen molar-refractivity contribution in [2.45, 2.75) is 31.0 Å². The molecule has 25 heavy (non-hydrogen) atoms. The zero-order valence-electron chi connectivity index (χ0n) is 13.4. The molecule has 0 saturated heterocycles. The van der Waals surface area contributed by atoms with Crippen LogP contribution in [0.3, 0.4) is 0 Å². The minimum Gasteiger partial charge on any atom is -0.464 e. The number of rotatable bonds is 4. The number of alkyl halides is 3. The average molecular weight is 351 g/mol. The van der Waals surface area contributed by atoms with Gasteiger partial charge in [-0.3, -0.25) is 0 Å². The minimum absolute atomic E-state index is 0.129. The van der Waals surface area contributed by atoms with Gasteiger partial charge in [0.1, 0.15) is 5.82 Å². The van der Waals surface area contributed by atoms with Crippen molar-refractivity contribution in [2.24, 2.45) is 0 Å². The Morgan fingerprint density at radius 2 is 1.80 bits per heavy atom. The number of nitrogens with zero attached hydrogens (tertiary/aromatic N) is 2. The number of benzene rings is 1. The first-order valence-electron chi connectivity index (χ1n) is 7.72. The van der Waals surface area contributed by atoms with Crippen LogP contribution >= 0.6 is 0 Å². The van der Waals surface area contributed by atoms with Gasteiger partial charge in [-0.1, -0.05) is 12.1 Å². The van der Waals surface area contributed by atoms with Crippen molar-refractivity contribution in [2.75, 3.05) is 12.4 Å². The van der Waals surface area contributed by atoms with Gasteiger partial charge in [-0.2, -0.15) is 13.2 Å². The lowest BCUT2D eigenvalue weighted by Crippen LogP contribution is -2.34. The van der Waals surface area contributed by atoms with Gasteiger partial charge < -0.3 is 10.1 Å². The molecule has 1 N–H and O–H groups in total. The van der Waals surface area contributed by atoms with Crippen LogP contribution in [-0.2, 0) is 10.9 Å². The molecule has 1 aliphatic rings. The van der Waals surface area contributed by atoms with Crippen LogP contribution in [-0.4, -0.2) is 29.3 Å². The Morgan fingerprint density at radius 3 is 2.32 bits per heavy atom. The molecule has 5 nitrogen and oxygen atoms in total. The molecular weight excluding hydrogens is 335 g/mol. The first-order valence-corrected chi connectivity index (χ1v) is 7.72. The number of halogens is 3. The first kappa shape index (κ1) is 17.2. The predicted octanol–water partition coefficient (Wildman–Crippen LogP) is 3.64. The molecule has 0 bridgehead atoms. The summed E-state index contributed by atoms with van der Waals surface area (Å²) in [4.78, 5) is 11.3. The Kier molecular flexibility index (Phi) is 4.61. The maximum Gasteiger partial charge on any atom is 0.416 e. The van der Waals surface area contributed by atoms with Crippen LogP contribution in [0.2, 0.25) is 0 Å². The van der Waals surface area contributed by atoms with Crippen LogP contribution < -0.4 is 5.32 Å². The fourth-order valence-corrected chi connectivity index (χ4v) is 2.78. The van der Waals surface area contributed by atoms with E-state index in [2.05, 4.69) is 20.3 Å². The van der Waals surface area contributed by atoms with Gasteiger partial charge in [0, 0.05) is 6.04 Å². The summed E-state index contributed by atoms with van der Waals surface area (Å²) in [5.74, 6) is 0.218. The molecule has 1 heterocycles. The average Bonchev–Trinajstić information content (AvgIpc) is 2.57. The van der Waals surface area contributed by atoms with Gasteiger partial charge in [0.25, 0.3) is 0 Å². The summed E-state index contributed by atoms with van der Waals surface area (Å²) in [6.45, 7) is 0. The molecule has 1 aromatic heterocycles. The summed E-state index contributed by atoms with van der Waals surface area (Å²) >= 11 is 0. The summed E-state index contributed by atoms with van der Waals surface area (Å²) in [5.41, 5.74) is 0.397. The van der Waals surface area contributed by atoms with E-state index in [1.165, 1.54) is 25.3 Å². The molecule has 132 valence electrons. The summed E-state index contributed by atoms with van der Waals surface area (Å²) in [7, 11) is 1.27. The van der Waals surface area contributed by atoms with E-state index in [-0.39, 0.29) is 17.7 Å². The molecule has 0 radical (unpaired) electrons. The van der Waals surface area contributed by atoms with Gasteiger partial charge in [-0.05, 0) is 48.6 Å². The second-order valence-corrected chi connectivity index (χ2v) is 5.92. The van der Waals surface area contributed by atoms with Crippen molar-refractivity contribution < 1.29 is 22.7 Å². The van der Waals surface area contributed by atoms with Gasteiger partial charge >= 0.3 is 12.1 Å². The fraction of sp³-hybridized carbons (Fsp3) is 0.353. The number of methoxy groups -OCH3 is 1. The van der Waals surface area contributed by atoms with Gasteiger partial charge in [0.15, 0.2) is 5.69 Å². The Hall–Kier alpha value is -2.64. The summed E-state index contributed by atoms with van der Waals surface area (Å²) in [5, 5.41) is 10.9. The lowest BCUT2D eigenvalue weighted by atomic mass is 9.75. The fourth-order valence-electron chi connectivity index (χ4n) is 2.78. The topological polar surface area (TPSA) is 64.1 Å². The number of anilines is 1. The van der Waals surface area contributed by atoms with E-state index >= 15 is 0 Å². The smallest absolute Gasteiger partial charge is 0.416 e. The van der Waals surface area contributed by atoms with E-state index in [9.17, 15) is 18.0 Å². The van der Waals surface area contributed by atoms with E-state index in [1.54, 1.807) is 6.07 Å². The molecule has 2 aromatic rings. The molecule has 1 aliphatic carbocycles. The van der Waals surface area contributed by atoms with Crippen LogP contribution in [0.15, 0.2) is 36.4 Å². The quantitative estimate of drug-likeness (QED) is 0.852. The standard InChI is InChI=1S/C17H16F3N3O2/c1-25-16(24)14-6-7-15(23-22-14)21-13-8-11(9-13)10-2-4-12(5-3-10)17(18,19)20/h2-7,11,13H,8-9H2,1H3,(H,21,23). The second kappa shape index (κ2) is 6.70. The molecule has 0 amide bonds. The van der Waals surface area contributed by atoms with Crippen LogP contribution in [0.5, 0.6) is 0 Å². The number of hydrogen-bond acceptors (Lipinski definition) is 5.